The second kappa shape index (κ2) is 5.59. The topological polar surface area (TPSA) is 64.7 Å². The molecule has 0 aliphatic heterocycles. The van der Waals surface area contributed by atoms with Gasteiger partial charge in [0.15, 0.2) is 11.5 Å². The lowest BCUT2D eigenvalue weighted by molar-refractivity contribution is 0.287. The summed E-state index contributed by atoms with van der Waals surface area (Å²) in [6.07, 6.45) is 5.13. The van der Waals surface area contributed by atoms with E-state index in [-0.39, 0.29) is 5.75 Å². The van der Waals surface area contributed by atoms with Crippen molar-refractivity contribution in [2.45, 2.75) is 37.6 Å². The van der Waals surface area contributed by atoms with E-state index in [9.17, 15) is 5.11 Å². The number of hydrogen-bond donors (Lipinski definition) is 2. The molecule has 1 fully saturated rings. The summed E-state index contributed by atoms with van der Waals surface area (Å²) in [5, 5.41) is 10.4. The molecule has 0 amide bonds. The van der Waals surface area contributed by atoms with Crippen LogP contribution in [-0.4, -0.2) is 19.3 Å². The summed E-state index contributed by atoms with van der Waals surface area (Å²) in [5.74, 6) is 1.22. The molecule has 3 N–H and O–H groups in total. The van der Waals surface area contributed by atoms with Crippen LogP contribution in [-0.2, 0) is 5.54 Å². The molecule has 19 heavy (non-hydrogen) atoms. The highest BCUT2D eigenvalue weighted by atomic mass is 79.9. The van der Waals surface area contributed by atoms with Gasteiger partial charge in [-0.2, -0.15) is 0 Å². The fraction of sp³-hybridized carbons (Fsp3) is 0.571. The number of phenolic OH excluding ortho intramolecular Hbond substituents is 1. The van der Waals surface area contributed by atoms with Gasteiger partial charge in [-0.3, -0.25) is 0 Å². The lowest BCUT2D eigenvalue weighted by Gasteiger charge is -2.35. The molecule has 2 rings (SSSR count). The minimum atomic E-state index is -0.482. The third kappa shape index (κ3) is 2.54. The molecule has 0 radical (unpaired) electrons. The van der Waals surface area contributed by atoms with Crippen LogP contribution in [0.25, 0.3) is 0 Å². The largest absolute Gasteiger partial charge is 0.506 e. The average Bonchev–Trinajstić information content (AvgIpc) is 2.42. The van der Waals surface area contributed by atoms with Crippen LogP contribution >= 0.6 is 15.9 Å². The van der Waals surface area contributed by atoms with Gasteiger partial charge in [-0.25, -0.2) is 0 Å². The molecule has 106 valence electrons. The quantitative estimate of drug-likeness (QED) is 0.893. The van der Waals surface area contributed by atoms with Crippen molar-refractivity contribution >= 4 is 15.9 Å². The minimum Gasteiger partial charge on any atom is -0.506 e. The Kier molecular flexibility index (Phi) is 4.26. The number of rotatable bonds is 3. The number of methoxy groups -OCH3 is 2. The molecule has 1 aromatic rings. The molecule has 1 aromatic carbocycles. The van der Waals surface area contributed by atoms with Gasteiger partial charge in [0.1, 0.15) is 10.2 Å². The first-order valence-corrected chi connectivity index (χ1v) is 7.25. The van der Waals surface area contributed by atoms with E-state index in [2.05, 4.69) is 15.9 Å². The maximum Gasteiger partial charge on any atom is 0.178 e. The average molecular weight is 330 g/mol. The van der Waals surface area contributed by atoms with Gasteiger partial charge < -0.3 is 20.3 Å². The Morgan fingerprint density at radius 3 is 2.37 bits per heavy atom. The maximum absolute atomic E-state index is 10.4. The smallest absolute Gasteiger partial charge is 0.178 e. The summed E-state index contributed by atoms with van der Waals surface area (Å²) in [5.41, 5.74) is 6.74. The SMILES string of the molecule is COc1cc(C2(N)CCCCC2)c(O)c(Br)c1OC. The van der Waals surface area contributed by atoms with Gasteiger partial charge in [-0.1, -0.05) is 19.3 Å². The van der Waals surface area contributed by atoms with E-state index in [0.29, 0.717) is 16.0 Å². The zero-order chi connectivity index (χ0) is 14.0. The number of aromatic hydroxyl groups is 1. The van der Waals surface area contributed by atoms with Gasteiger partial charge in [0, 0.05) is 11.1 Å². The summed E-state index contributed by atoms with van der Waals surface area (Å²) >= 11 is 3.36. The second-order valence-electron chi connectivity index (χ2n) is 5.04. The molecule has 0 saturated heterocycles. The Bertz CT molecular complexity index is 470. The van der Waals surface area contributed by atoms with Crippen molar-refractivity contribution in [2.75, 3.05) is 14.2 Å². The van der Waals surface area contributed by atoms with Crippen molar-refractivity contribution in [1.29, 1.82) is 0 Å². The van der Waals surface area contributed by atoms with Gasteiger partial charge in [0.25, 0.3) is 0 Å². The number of halogens is 1. The lowest BCUT2D eigenvalue weighted by atomic mass is 9.77. The Hall–Kier alpha value is -0.940. The van der Waals surface area contributed by atoms with Crippen molar-refractivity contribution in [2.24, 2.45) is 5.73 Å². The lowest BCUT2D eigenvalue weighted by Crippen LogP contribution is -2.38. The van der Waals surface area contributed by atoms with Crippen LogP contribution in [0.2, 0.25) is 0 Å². The Labute approximate surface area is 122 Å². The van der Waals surface area contributed by atoms with E-state index in [1.165, 1.54) is 6.42 Å². The van der Waals surface area contributed by atoms with Crippen molar-refractivity contribution in [1.82, 2.24) is 0 Å². The van der Waals surface area contributed by atoms with Crippen LogP contribution < -0.4 is 15.2 Å². The molecule has 0 bridgehead atoms. The van der Waals surface area contributed by atoms with Crippen LogP contribution in [0.3, 0.4) is 0 Å². The molecule has 1 saturated carbocycles. The fourth-order valence-corrected chi connectivity index (χ4v) is 3.34. The monoisotopic (exact) mass is 329 g/mol. The molecular formula is C14H20BrNO3. The third-order valence-corrected chi connectivity index (χ3v) is 4.60. The first-order valence-electron chi connectivity index (χ1n) is 6.46. The number of nitrogens with two attached hydrogens (primary N) is 1. The first kappa shape index (κ1) is 14.5. The Balaban J connectivity index is 2.54. The van der Waals surface area contributed by atoms with Crippen molar-refractivity contribution in [3.8, 4) is 17.2 Å². The number of phenols is 1. The molecule has 5 heteroatoms. The molecule has 0 atom stereocenters. The van der Waals surface area contributed by atoms with E-state index in [1.807, 2.05) is 0 Å². The van der Waals surface area contributed by atoms with Crippen LogP contribution in [0.4, 0.5) is 0 Å². The first-order chi connectivity index (χ1) is 9.03. The van der Waals surface area contributed by atoms with Gasteiger partial charge >= 0.3 is 0 Å². The number of benzene rings is 1. The molecule has 1 aliphatic carbocycles. The van der Waals surface area contributed by atoms with Crippen LogP contribution in [0, 0.1) is 0 Å². The molecule has 0 spiro atoms. The summed E-state index contributed by atoms with van der Waals surface area (Å²) in [6, 6.07) is 1.80. The van der Waals surface area contributed by atoms with Crippen LogP contribution in [0.5, 0.6) is 17.2 Å². The highest BCUT2D eigenvalue weighted by molar-refractivity contribution is 9.10. The van der Waals surface area contributed by atoms with Crippen LogP contribution in [0.1, 0.15) is 37.7 Å². The molecule has 0 unspecified atom stereocenters. The van der Waals surface area contributed by atoms with E-state index in [0.717, 1.165) is 31.2 Å². The highest BCUT2D eigenvalue weighted by Gasteiger charge is 2.34. The van der Waals surface area contributed by atoms with Crippen LogP contribution in [0.15, 0.2) is 10.5 Å². The van der Waals surface area contributed by atoms with Crippen molar-refractivity contribution in [3.63, 3.8) is 0 Å². The standard InChI is InChI=1S/C14H20BrNO3/c1-18-10-8-9(12(17)11(15)13(10)19-2)14(16)6-4-3-5-7-14/h8,17H,3-7,16H2,1-2H3. The van der Waals surface area contributed by atoms with Gasteiger partial charge in [0.2, 0.25) is 0 Å². The zero-order valence-corrected chi connectivity index (χ0v) is 12.9. The van der Waals surface area contributed by atoms with E-state index in [1.54, 1.807) is 20.3 Å². The number of ether oxygens (including phenoxy) is 2. The Morgan fingerprint density at radius 1 is 1.21 bits per heavy atom. The van der Waals surface area contributed by atoms with Gasteiger partial charge in [-0.05, 0) is 34.8 Å². The zero-order valence-electron chi connectivity index (χ0n) is 11.3. The van der Waals surface area contributed by atoms with Crippen molar-refractivity contribution in [3.05, 3.63) is 16.1 Å². The fourth-order valence-electron chi connectivity index (χ4n) is 2.77. The van der Waals surface area contributed by atoms with Gasteiger partial charge in [0.05, 0.1) is 14.2 Å². The minimum absolute atomic E-state index is 0.155. The molecular weight excluding hydrogens is 310 g/mol. The molecule has 0 heterocycles. The summed E-state index contributed by atoms with van der Waals surface area (Å²) in [6.45, 7) is 0. The predicted octanol–water partition coefficient (Wildman–Crippen LogP) is 3.29. The summed E-state index contributed by atoms with van der Waals surface area (Å²) < 4.78 is 11.1. The van der Waals surface area contributed by atoms with E-state index in [4.69, 9.17) is 15.2 Å². The van der Waals surface area contributed by atoms with E-state index >= 15 is 0 Å². The third-order valence-electron chi connectivity index (χ3n) is 3.87. The number of hydrogen-bond acceptors (Lipinski definition) is 4. The Morgan fingerprint density at radius 2 is 1.84 bits per heavy atom. The maximum atomic E-state index is 10.4. The molecule has 4 nitrogen and oxygen atoms in total. The molecule has 0 aromatic heterocycles. The summed E-state index contributed by atoms with van der Waals surface area (Å²) in [4.78, 5) is 0. The van der Waals surface area contributed by atoms with Crippen molar-refractivity contribution < 1.29 is 14.6 Å². The second-order valence-corrected chi connectivity index (χ2v) is 5.83. The van der Waals surface area contributed by atoms with E-state index < -0.39 is 5.54 Å². The highest BCUT2D eigenvalue weighted by Crippen LogP contribution is 2.49. The predicted molar refractivity (Wildman–Crippen MR) is 77.9 cm³/mol. The normalized spacial score (nSPS) is 18.1. The van der Waals surface area contributed by atoms with Gasteiger partial charge in [-0.15, -0.1) is 0 Å². The summed E-state index contributed by atoms with van der Waals surface area (Å²) in [7, 11) is 3.12. The molecule has 1 aliphatic rings.